The van der Waals surface area contributed by atoms with Crippen LogP contribution in [0.25, 0.3) is 10.2 Å². The quantitative estimate of drug-likeness (QED) is 0.457. The van der Waals surface area contributed by atoms with Gasteiger partial charge in [0.1, 0.15) is 4.83 Å². The highest BCUT2D eigenvalue weighted by Gasteiger charge is 2.29. The summed E-state index contributed by atoms with van der Waals surface area (Å²) in [6, 6.07) is 7.13. The Hall–Kier alpha value is -2.75. The van der Waals surface area contributed by atoms with Crippen LogP contribution >= 0.6 is 22.9 Å². The van der Waals surface area contributed by atoms with Crippen LogP contribution in [0.2, 0.25) is 5.02 Å². The molecule has 32 heavy (non-hydrogen) atoms. The van der Waals surface area contributed by atoms with Gasteiger partial charge in [-0.05, 0) is 48.3 Å². The third-order valence-electron chi connectivity index (χ3n) is 5.58. The molecule has 1 aliphatic carbocycles. The Bertz CT molecular complexity index is 1210. The summed E-state index contributed by atoms with van der Waals surface area (Å²) in [5.74, 6) is -1.36. The first-order chi connectivity index (χ1) is 15.4. The minimum Gasteiger partial charge on any atom is -0.481 e. The van der Waals surface area contributed by atoms with Crippen LogP contribution in [0, 0.1) is 11.8 Å². The number of ether oxygens (including phenoxy) is 1. The molecule has 3 aromatic rings. The lowest BCUT2D eigenvalue weighted by atomic mass is 10.1. The van der Waals surface area contributed by atoms with Crippen LogP contribution in [-0.2, 0) is 22.7 Å². The topological polar surface area (TPSA) is 121 Å². The van der Waals surface area contributed by atoms with Crippen LogP contribution < -0.4 is 10.9 Å². The molecule has 1 aromatic carbocycles. The second kappa shape index (κ2) is 9.81. The molecular formula is C22H22ClN3O5S. The third-order valence-corrected chi connectivity index (χ3v) is 6.74. The molecule has 0 aliphatic heterocycles. The molecule has 2 aromatic heterocycles. The summed E-state index contributed by atoms with van der Waals surface area (Å²) < 4.78 is 5.77. The van der Waals surface area contributed by atoms with E-state index in [-0.39, 0.29) is 30.8 Å². The van der Waals surface area contributed by atoms with E-state index in [1.807, 2.05) is 6.07 Å². The smallest absolute Gasteiger partial charge is 0.306 e. The summed E-state index contributed by atoms with van der Waals surface area (Å²) in [7, 11) is 0. The number of carbonyl (C=O) groups excluding carboxylic acids is 1. The second-order valence-corrected chi connectivity index (χ2v) is 9.19. The van der Waals surface area contributed by atoms with E-state index in [1.165, 1.54) is 11.3 Å². The number of aliphatic carboxylic acids is 1. The summed E-state index contributed by atoms with van der Waals surface area (Å²) in [5, 5.41) is 14.6. The number of carboxylic acid groups (broad SMARTS) is 1. The summed E-state index contributed by atoms with van der Waals surface area (Å²) in [6.07, 6.45) is 2.13. The van der Waals surface area contributed by atoms with Gasteiger partial charge in [0.2, 0.25) is 5.82 Å². The molecular weight excluding hydrogens is 454 g/mol. The first kappa shape index (κ1) is 22.4. The summed E-state index contributed by atoms with van der Waals surface area (Å²) >= 11 is 7.23. The first-order valence-electron chi connectivity index (χ1n) is 10.2. The lowest BCUT2D eigenvalue weighted by molar-refractivity contribution is -0.141. The van der Waals surface area contributed by atoms with Gasteiger partial charge in [-0.25, -0.2) is 4.98 Å². The maximum atomic E-state index is 12.6. The summed E-state index contributed by atoms with van der Waals surface area (Å²) in [4.78, 5) is 43.5. The first-order valence-corrected chi connectivity index (χ1v) is 11.5. The average Bonchev–Trinajstić information content (AvgIpc) is 3.40. The largest absolute Gasteiger partial charge is 0.481 e. The minimum absolute atomic E-state index is 0.0514. The van der Waals surface area contributed by atoms with Gasteiger partial charge in [-0.1, -0.05) is 23.7 Å². The van der Waals surface area contributed by atoms with Crippen molar-refractivity contribution < 1.29 is 19.4 Å². The van der Waals surface area contributed by atoms with Gasteiger partial charge in [0, 0.05) is 23.7 Å². The number of rotatable bonds is 8. The number of aromatic amines is 1. The normalized spacial score (nSPS) is 18.2. The molecule has 2 atom stereocenters. The van der Waals surface area contributed by atoms with Gasteiger partial charge in [0.05, 0.1) is 17.9 Å². The average molecular weight is 476 g/mol. The zero-order valence-electron chi connectivity index (χ0n) is 17.1. The molecule has 4 rings (SSSR count). The minimum atomic E-state index is -0.749. The predicted octanol–water partition coefficient (Wildman–Crippen LogP) is 3.59. The van der Waals surface area contributed by atoms with E-state index in [0.29, 0.717) is 40.3 Å². The Morgan fingerprint density at radius 2 is 2.19 bits per heavy atom. The van der Waals surface area contributed by atoms with Crippen molar-refractivity contribution in [3.63, 3.8) is 0 Å². The van der Waals surface area contributed by atoms with Gasteiger partial charge >= 0.3 is 5.97 Å². The van der Waals surface area contributed by atoms with Gasteiger partial charge in [-0.15, -0.1) is 11.3 Å². The molecule has 1 fully saturated rings. The van der Waals surface area contributed by atoms with Crippen LogP contribution in [0.1, 0.15) is 41.0 Å². The van der Waals surface area contributed by atoms with Crippen molar-refractivity contribution in [1.29, 1.82) is 0 Å². The highest BCUT2D eigenvalue weighted by atomic mass is 35.5. The number of carboxylic acids is 1. The standard InChI is InChI=1S/C22H22ClN3O5S/c23-16-3-1-2-12(7-16)8-24-20(28)18-25-19(27)17-15(11-32-21(17)26-18)10-31-9-13-4-5-14(6-13)22(29)30/h1-3,7,11,13-14H,4-6,8-10H2,(H,24,28)(H,29,30)(H,25,26,27). The van der Waals surface area contributed by atoms with Gasteiger partial charge in [-0.3, -0.25) is 14.4 Å². The fourth-order valence-corrected chi connectivity index (χ4v) is 5.06. The fourth-order valence-electron chi connectivity index (χ4n) is 3.92. The van der Waals surface area contributed by atoms with E-state index >= 15 is 0 Å². The number of halogens is 1. The number of H-pyrrole nitrogens is 1. The van der Waals surface area contributed by atoms with Gasteiger partial charge in [0.25, 0.3) is 11.5 Å². The monoisotopic (exact) mass is 475 g/mol. The molecule has 1 saturated carbocycles. The summed E-state index contributed by atoms with van der Waals surface area (Å²) in [5.41, 5.74) is 1.15. The molecule has 168 valence electrons. The van der Waals surface area contributed by atoms with Crippen molar-refractivity contribution in [2.24, 2.45) is 11.8 Å². The van der Waals surface area contributed by atoms with Crippen LogP contribution in [0.4, 0.5) is 0 Å². The molecule has 0 radical (unpaired) electrons. The third kappa shape index (κ3) is 5.17. The zero-order chi connectivity index (χ0) is 22.7. The van der Waals surface area contributed by atoms with Crippen molar-refractivity contribution in [2.45, 2.75) is 32.4 Å². The number of nitrogens with one attached hydrogen (secondary N) is 2. The number of hydrogen-bond acceptors (Lipinski definition) is 6. The maximum Gasteiger partial charge on any atom is 0.306 e. The number of benzene rings is 1. The van der Waals surface area contributed by atoms with E-state index in [2.05, 4.69) is 15.3 Å². The predicted molar refractivity (Wildman–Crippen MR) is 121 cm³/mol. The molecule has 1 aliphatic rings. The van der Waals surface area contributed by atoms with E-state index in [9.17, 15) is 14.4 Å². The number of fused-ring (bicyclic) bond motifs is 1. The zero-order valence-corrected chi connectivity index (χ0v) is 18.7. The second-order valence-electron chi connectivity index (χ2n) is 7.90. The SMILES string of the molecule is O=C(NCc1cccc(Cl)c1)c1nc2scc(COCC3CCC(C(=O)O)C3)c2c(=O)[nH]1. The van der Waals surface area contributed by atoms with Gasteiger partial charge in [0.15, 0.2) is 0 Å². The number of carbonyl (C=O) groups is 2. The Labute approximate surface area is 192 Å². The van der Waals surface area contributed by atoms with Crippen LogP contribution in [-0.4, -0.2) is 33.6 Å². The molecule has 3 N–H and O–H groups in total. The van der Waals surface area contributed by atoms with Crippen molar-refractivity contribution in [3.8, 4) is 0 Å². The Morgan fingerprint density at radius 3 is 2.94 bits per heavy atom. The number of aromatic nitrogens is 2. The maximum absolute atomic E-state index is 12.6. The number of nitrogens with zero attached hydrogens (tertiary/aromatic N) is 1. The molecule has 2 unspecified atom stereocenters. The molecule has 2 heterocycles. The molecule has 1 amide bonds. The Balaban J connectivity index is 1.38. The van der Waals surface area contributed by atoms with E-state index in [0.717, 1.165) is 12.0 Å². The van der Waals surface area contributed by atoms with Crippen molar-refractivity contribution in [2.75, 3.05) is 6.61 Å². The van der Waals surface area contributed by atoms with E-state index in [1.54, 1.807) is 23.6 Å². The van der Waals surface area contributed by atoms with Crippen LogP contribution in [0.5, 0.6) is 0 Å². The molecule has 0 saturated heterocycles. The Kier molecular flexibility index (Phi) is 6.88. The summed E-state index contributed by atoms with van der Waals surface area (Å²) in [6.45, 7) is 0.949. The van der Waals surface area contributed by atoms with Crippen molar-refractivity contribution in [1.82, 2.24) is 15.3 Å². The highest BCUT2D eigenvalue weighted by molar-refractivity contribution is 7.16. The Morgan fingerprint density at radius 1 is 1.34 bits per heavy atom. The van der Waals surface area contributed by atoms with E-state index in [4.69, 9.17) is 21.4 Å². The van der Waals surface area contributed by atoms with Gasteiger partial charge < -0.3 is 20.1 Å². The van der Waals surface area contributed by atoms with Gasteiger partial charge in [-0.2, -0.15) is 0 Å². The molecule has 10 heteroatoms. The van der Waals surface area contributed by atoms with E-state index < -0.39 is 17.4 Å². The van der Waals surface area contributed by atoms with Crippen molar-refractivity contribution in [3.05, 3.63) is 62.0 Å². The number of hydrogen-bond donors (Lipinski definition) is 3. The fraction of sp³-hybridized carbons (Fsp3) is 0.364. The lowest BCUT2D eigenvalue weighted by Gasteiger charge is -2.10. The van der Waals surface area contributed by atoms with Crippen molar-refractivity contribution >= 4 is 45.0 Å². The lowest BCUT2D eigenvalue weighted by Crippen LogP contribution is -2.27. The molecule has 8 nitrogen and oxygen atoms in total. The highest BCUT2D eigenvalue weighted by Crippen LogP contribution is 2.31. The number of amides is 1. The molecule has 0 bridgehead atoms. The molecule has 0 spiro atoms. The number of thiophene rings is 1. The van der Waals surface area contributed by atoms with Crippen LogP contribution in [0.15, 0.2) is 34.4 Å². The van der Waals surface area contributed by atoms with Crippen LogP contribution in [0.3, 0.4) is 0 Å².